The number of carboxylic acid groups (broad SMARTS) is 1. The van der Waals surface area contributed by atoms with Gasteiger partial charge in [0, 0.05) is 13.2 Å². The highest BCUT2D eigenvalue weighted by molar-refractivity contribution is 5.83. The van der Waals surface area contributed by atoms with Gasteiger partial charge in [-0.1, -0.05) is 25.0 Å². The van der Waals surface area contributed by atoms with Crippen LogP contribution < -0.4 is 10.1 Å². The quantitative estimate of drug-likeness (QED) is 0.623. The number of nitrogens with one attached hydrogen (secondary N) is 1. The summed E-state index contributed by atoms with van der Waals surface area (Å²) in [6.45, 7) is 4.84. The second kappa shape index (κ2) is 9.57. The van der Waals surface area contributed by atoms with Gasteiger partial charge in [-0.05, 0) is 50.8 Å². The molecule has 1 unspecified atom stereocenters. The van der Waals surface area contributed by atoms with Crippen molar-refractivity contribution in [3.05, 3.63) is 29.8 Å². The molecule has 0 aromatic heterocycles. The standard InChI is InChI=1S/C20H29NO5/c1-3-25-13-12-20(10-4-5-11-20)19(24)21-15(2)16-6-8-17(9-7-16)26-14-18(22)23/h6-9,15H,3-5,10-14H2,1-2H3,(H,21,24)(H,22,23). The maximum Gasteiger partial charge on any atom is 0.341 e. The van der Waals surface area contributed by atoms with Crippen LogP contribution in [0.2, 0.25) is 0 Å². The highest BCUT2D eigenvalue weighted by Gasteiger charge is 2.41. The smallest absolute Gasteiger partial charge is 0.341 e. The summed E-state index contributed by atoms with van der Waals surface area (Å²) in [5.74, 6) is -0.407. The summed E-state index contributed by atoms with van der Waals surface area (Å²) in [5.41, 5.74) is 0.646. The van der Waals surface area contributed by atoms with E-state index in [1.54, 1.807) is 12.1 Å². The maximum absolute atomic E-state index is 12.9. The molecule has 1 fully saturated rings. The van der Waals surface area contributed by atoms with Crippen molar-refractivity contribution in [1.29, 1.82) is 0 Å². The summed E-state index contributed by atoms with van der Waals surface area (Å²) < 4.78 is 10.6. The Labute approximate surface area is 154 Å². The lowest BCUT2D eigenvalue weighted by Gasteiger charge is -2.29. The van der Waals surface area contributed by atoms with Crippen molar-refractivity contribution in [3.63, 3.8) is 0 Å². The fourth-order valence-electron chi connectivity index (χ4n) is 3.49. The monoisotopic (exact) mass is 363 g/mol. The second-order valence-corrected chi connectivity index (χ2v) is 6.88. The Kier molecular flexibility index (Phi) is 7.45. The Morgan fingerprint density at radius 3 is 2.46 bits per heavy atom. The van der Waals surface area contributed by atoms with Gasteiger partial charge in [0.25, 0.3) is 0 Å². The molecule has 0 bridgehead atoms. The summed E-state index contributed by atoms with van der Waals surface area (Å²) >= 11 is 0. The van der Waals surface area contributed by atoms with Crippen LogP contribution in [0.4, 0.5) is 0 Å². The fraction of sp³-hybridized carbons (Fsp3) is 0.600. The van der Waals surface area contributed by atoms with Crippen molar-refractivity contribution < 1.29 is 24.2 Å². The number of benzene rings is 1. The third-order valence-electron chi connectivity index (χ3n) is 5.06. The number of ether oxygens (including phenoxy) is 2. The van der Waals surface area contributed by atoms with Gasteiger partial charge in [-0.2, -0.15) is 0 Å². The van der Waals surface area contributed by atoms with Gasteiger partial charge >= 0.3 is 5.97 Å². The first kappa shape index (κ1) is 20.2. The third kappa shape index (κ3) is 5.46. The predicted octanol–water partition coefficient (Wildman–Crippen LogP) is 3.31. The summed E-state index contributed by atoms with van der Waals surface area (Å²) in [5, 5.41) is 11.8. The molecular weight excluding hydrogens is 334 g/mol. The van der Waals surface area contributed by atoms with E-state index in [9.17, 15) is 9.59 Å². The van der Waals surface area contributed by atoms with E-state index in [2.05, 4.69) is 5.32 Å². The highest BCUT2D eigenvalue weighted by atomic mass is 16.5. The van der Waals surface area contributed by atoms with Crippen LogP contribution in [-0.4, -0.2) is 36.8 Å². The molecule has 2 rings (SSSR count). The van der Waals surface area contributed by atoms with E-state index in [1.165, 1.54) is 0 Å². The molecule has 1 aliphatic rings. The summed E-state index contributed by atoms with van der Waals surface area (Å²) in [6, 6.07) is 7.02. The molecule has 0 heterocycles. The minimum absolute atomic E-state index is 0.105. The first-order valence-electron chi connectivity index (χ1n) is 9.30. The van der Waals surface area contributed by atoms with Crippen LogP contribution in [-0.2, 0) is 14.3 Å². The van der Waals surface area contributed by atoms with Crippen molar-refractivity contribution in [2.75, 3.05) is 19.8 Å². The Balaban J connectivity index is 1.95. The average Bonchev–Trinajstić information content (AvgIpc) is 3.10. The lowest BCUT2D eigenvalue weighted by atomic mass is 9.81. The zero-order valence-electron chi connectivity index (χ0n) is 15.6. The number of rotatable bonds is 10. The van der Waals surface area contributed by atoms with Gasteiger partial charge in [0.15, 0.2) is 6.61 Å². The fourth-order valence-corrected chi connectivity index (χ4v) is 3.49. The van der Waals surface area contributed by atoms with E-state index in [0.29, 0.717) is 19.0 Å². The molecule has 0 saturated heterocycles. The molecule has 1 aromatic rings. The van der Waals surface area contributed by atoms with Crippen LogP contribution in [0.1, 0.15) is 57.6 Å². The highest BCUT2D eigenvalue weighted by Crippen LogP contribution is 2.41. The van der Waals surface area contributed by atoms with E-state index in [-0.39, 0.29) is 24.0 Å². The number of aliphatic carboxylic acids is 1. The van der Waals surface area contributed by atoms with Crippen molar-refractivity contribution in [2.24, 2.45) is 5.41 Å². The van der Waals surface area contributed by atoms with Gasteiger partial charge in [-0.25, -0.2) is 4.79 Å². The van der Waals surface area contributed by atoms with Crippen LogP contribution in [0.15, 0.2) is 24.3 Å². The van der Waals surface area contributed by atoms with Gasteiger partial charge in [-0.3, -0.25) is 4.79 Å². The van der Waals surface area contributed by atoms with Crippen molar-refractivity contribution in [3.8, 4) is 5.75 Å². The van der Waals surface area contributed by atoms with Gasteiger partial charge in [0.2, 0.25) is 5.91 Å². The van der Waals surface area contributed by atoms with Gasteiger partial charge in [0.1, 0.15) is 5.75 Å². The molecule has 1 aromatic carbocycles. The number of carbonyl (C=O) groups excluding carboxylic acids is 1. The van der Waals surface area contributed by atoms with Crippen LogP contribution in [0, 0.1) is 5.41 Å². The van der Waals surface area contributed by atoms with E-state index >= 15 is 0 Å². The van der Waals surface area contributed by atoms with E-state index in [1.807, 2.05) is 26.0 Å². The summed E-state index contributed by atoms with van der Waals surface area (Å²) in [7, 11) is 0. The second-order valence-electron chi connectivity index (χ2n) is 6.88. The SMILES string of the molecule is CCOCCC1(C(=O)NC(C)c2ccc(OCC(=O)O)cc2)CCCC1. The van der Waals surface area contributed by atoms with Crippen LogP contribution in [0.5, 0.6) is 5.75 Å². The molecule has 144 valence electrons. The summed E-state index contributed by atoms with van der Waals surface area (Å²) in [6.07, 6.45) is 4.77. The molecule has 1 atom stereocenters. The molecule has 6 heteroatoms. The zero-order valence-corrected chi connectivity index (χ0v) is 15.6. The largest absolute Gasteiger partial charge is 0.482 e. The molecule has 1 amide bonds. The molecule has 0 aliphatic heterocycles. The maximum atomic E-state index is 12.9. The number of hydrogen-bond acceptors (Lipinski definition) is 4. The molecule has 0 spiro atoms. The molecule has 26 heavy (non-hydrogen) atoms. The van der Waals surface area contributed by atoms with Crippen molar-refractivity contribution >= 4 is 11.9 Å². The Morgan fingerprint density at radius 2 is 1.88 bits per heavy atom. The third-order valence-corrected chi connectivity index (χ3v) is 5.06. The van der Waals surface area contributed by atoms with E-state index < -0.39 is 5.97 Å². The van der Waals surface area contributed by atoms with Crippen LogP contribution in [0.25, 0.3) is 0 Å². The first-order valence-corrected chi connectivity index (χ1v) is 9.30. The molecule has 0 radical (unpaired) electrons. The Hall–Kier alpha value is -2.08. The molecule has 6 nitrogen and oxygen atoms in total. The molecule has 1 aliphatic carbocycles. The van der Waals surface area contributed by atoms with Crippen LogP contribution in [0.3, 0.4) is 0 Å². The van der Waals surface area contributed by atoms with Gasteiger partial charge in [0.05, 0.1) is 11.5 Å². The predicted molar refractivity (Wildman–Crippen MR) is 98.1 cm³/mol. The minimum Gasteiger partial charge on any atom is -0.482 e. The Morgan fingerprint density at radius 1 is 1.23 bits per heavy atom. The zero-order chi connectivity index (χ0) is 19.0. The van der Waals surface area contributed by atoms with Gasteiger partial charge in [-0.15, -0.1) is 0 Å². The van der Waals surface area contributed by atoms with E-state index in [0.717, 1.165) is 37.7 Å². The normalized spacial score (nSPS) is 16.8. The number of carboxylic acids is 1. The number of amides is 1. The Bertz CT molecular complexity index is 593. The van der Waals surface area contributed by atoms with Gasteiger partial charge < -0.3 is 19.9 Å². The summed E-state index contributed by atoms with van der Waals surface area (Å²) in [4.78, 5) is 23.5. The lowest BCUT2D eigenvalue weighted by molar-refractivity contribution is -0.139. The molecule has 1 saturated carbocycles. The topological polar surface area (TPSA) is 84.9 Å². The van der Waals surface area contributed by atoms with Crippen molar-refractivity contribution in [1.82, 2.24) is 5.32 Å². The molecular formula is C20H29NO5. The number of carbonyl (C=O) groups is 2. The van der Waals surface area contributed by atoms with Crippen molar-refractivity contribution in [2.45, 2.75) is 52.0 Å². The molecule has 2 N–H and O–H groups in total. The number of hydrogen-bond donors (Lipinski definition) is 2. The van der Waals surface area contributed by atoms with E-state index in [4.69, 9.17) is 14.6 Å². The average molecular weight is 363 g/mol. The minimum atomic E-state index is -1.01. The lowest BCUT2D eigenvalue weighted by Crippen LogP contribution is -2.41. The van der Waals surface area contributed by atoms with Crippen LogP contribution >= 0.6 is 0 Å². The first-order chi connectivity index (χ1) is 12.5.